The maximum absolute atomic E-state index is 13.3. The van der Waals surface area contributed by atoms with Crippen LogP contribution in [-0.2, 0) is 6.18 Å². The van der Waals surface area contributed by atoms with Crippen LogP contribution < -0.4 is 5.73 Å². The fourth-order valence-electron chi connectivity index (χ4n) is 1.77. The number of benzene rings is 1. The van der Waals surface area contributed by atoms with Gasteiger partial charge in [-0.15, -0.1) is 12.4 Å². The molecule has 0 aliphatic carbocycles. The van der Waals surface area contributed by atoms with Gasteiger partial charge in [-0.05, 0) is 24.1 Å². The normalized spacial score (nSPS) is 12.9. The molecule has 0 saturated heterocycles. The number of hydrogen-bond donors (Lipinski definition) is 1. The van der Waals surface area contributed by atoms with Gasteiger partial charge in [-0.3, -0.25) is 0 Å². The number of rotatable bonds is 5. The summed E-state index contributed by atoms with van der Waals surface area (Å²) in [6.45, 7) is 2.04. The van der Waals surface area contributed by atoms with Crippen LogP contribution in [0.25, 0.3) is 0 Å². The minimum absolute atomic E-state index is 0. The average molecular weight is 300 g/mol. The Kier molecular flexibility index (Phi) is 7.37. The second kappa shape index (κ2) is 7.70. The van der Waals surface area contributed by atoms with E-state index in [4.69, 9.17) is 5.73 Å². The summed E-state index contributed by atoms with van der Waals surface area (Å²) in [4.78, 5) is 0. The summed E-state index contributed by atoms with van der Waals surface area (Å²) in [5.74, 6) is -1.26. The van der Waals surface area contributed by atoms with Crippen molar-refractivity contribution in [3.05, 3.63) is 35.1 Å². The second-order valence-corrected chi connectivity index (χ2v) is 4.34. The quantitative estimate of drug-likeness (QED) is 0.610. The molecule has 0 amide bonds. The SMILES string of the molecule is CCCCC[C@@H](N)c1ccc(C(F)(F)F)c(F)c1.Cl. The Morgan fingerprint density at radius 3 is 2.32 bits per heavy atom. The summed E-state index contributed by atoms with van der Waals surface area (Å²) in [6.07, 6.45) is -1.07. The summed E-state index contributed by atoms with van der Waals surface area (Å²) in [6, 6.07) is 2.49. The Morgan fingerprint density at radius 1 is 1.21 bits per heavy atom. The minimum atomic E-state index is -4.66. The van der Waals surface area contributed by atoms with E-state index in [1.165, 1.54) is 6.07 Å². The lowest BCUT2D eigenvalue weighted by molar-refractivity contribution is -0.140. The van der Waals surface area contributed by atoms with Gasteiger partial charge in [0.25, 0.3) is 0 Å². The van der Waals surface area contributed by atoms with E-state index in [1.807, 2.05) is 6.92 Å². The van der Waals surface area contributed by atoms with Gasteiger partial charge < -0.3 is 5.73 Å². The molecule has 0 heterocycles. The highest BCUT2D eigenvalue weighted by atomic mass is 35.5. The van der Waals surface area contributed by atoms with Crippen molar-refractivity contribution in [3.8, 4) is 0 Å². The minimum Gasteiger partial charge on any atom is -0.324 e. The smallest absolute Gasteiger partial charge is 0.324 e. The molecule has 0 unspecified atom stereocenters. The molecule has 0 aromatic heterocycles. The van der Waals surface area contributed by atoms with Gasteiger partial charge in [-0.1, -0.05) is 32.3 Å². The number of halogens is 5. The van der Waals surface area contributed by atoms with Gasteiger partial charge in [0.1, 0.15) is 5.82 Å². The third kappa shape index (κ3) is 5.37. The van der Waals surface area contributed by atoms with Crippen molar-refractivity contribution in [1.82, 2.24) is 0 Å². The van der Waals surface area contributed by atoms with Crippen LogP contribution in [0.2, 0.25) is 0 Å². The number of nitrogens with two attached hydrogens (primary N) is 1. The van der Waals surface area contributed by atoms with Gasteiger partial charge in [-0.25, -0.2) is 4.39 Å². The molecule has 0 fully saturated rings. The third-order valence-corrected chi connectivity index (χ3v) is 2.85. The van der Waals surface area contributed by atoms with E-state index in [0.717, 1.165) is 31.4 Å². The first-order valence-corrected chi connectivity index (χ1v) is 5.98. The van der Waals surface area contributed by atoms with Crippen LogP contribution in [0.15, 0.2) is 18.2 Å². The standard InChI is InChI=1S/C13H17F4N.ClH/c1-2-3-4-5-12(18)9-6-7-10(11(14)8-9)13(15,16)17;/h6-8,12H,2-5,18H2,1H3;1H/t12-;/m1./s1. The lowest BCUT2D eigenvalue weighted by Crippen LogP contribution is -2.13. The van der Waals surface area contributed by atoms with Crippen molar-refractivity contribution in [1.29, 1.82) is 0 Å². The van der Waals surface area contributed by atoms with Crippen molar-refractivity contribution in [2.75, 3.05) is 0 Å². The molecule has 2 N–H and O–H groups in total. The second-order valence-electron chi connectivity index (χ2n) is 4.34. The van der Waals surface area contributed by atoms with Crippen LogP contribution in [0.4, 0.5) is 17.6 Å². The van der Waals surface area contributed by atoms with Gasteiger partial charge in [0, 0.05) is 6.04 Å². The van der Waals surface area contributed by atoms with Crippen LogP contribution in [0.1, 0.15) is 49.8 Å². The Balaban J connectivity index is 0.00000324. The molecule has 1 atom stereocenters. The molecule has 6 heteroatoms. The monoisotopic (exact) mass is 299 g/mol. The molecule has 0 aliphatic rings. The fourth-order valence-corrected chi connectivity index (χ4v) is 1.77. The Bertz CT molecular complexity index is 393. The maximum atomic E-state index is 13.3. The summed E-state index contributed by atoms with van der Waals surface area (Å²) in [5.41, 5.74) is 4.99. The highest BCUT2D eigenvalue weighted by Gasteiger charge is 2.34. The molecule has 1 aromatic rings. The summed E-state index contributed by atoms with van der Waals surface area (Å²) < 4.78 is 50.4. The molecular formula is C13H18ClF4N. The van der Waals surface area contributed by atoms with Crippen molar-refractivity contribution >= 4 is 12.4 Å². The molecule has 0 bridgehead atoms. The van der Waals surface area contributed by atoms with E-state index in [-0.39, 0.29) is 12.4 Å². The molecule has 1 nitrogen and oxygen atoms in total. The van der Waals surface area contributed by atoms with E-state index < -0.39 is 23.6 Å². The summed E-state index contributed by atoms with van der Waals surface area (Å²) in [5, 5.41) is 0. The van der Waals surface area contributed by atoms with Crippen LogP contribution in [0.5, 0.6) is 0 Å². The Hall–Kier alpha value is -0.810. The molecule has 0 aliphatic heterocycles. The van der Waals surface area contributed by atoms with Crippen LogP contribution in [0, 0.1) is 5.82 Å². The predicted octanol–water partition coefficient (Wildman–Crippen LogP) is 4.85. The molecule has 0 radical (unpaired) electrons. The zero-order valence-electron chi connectivity index (χ0n) is 10.6. The van der Waals surface area contributed by atoms with E-state index >= 15 is 0 Å². The van der Waals surface area contributed by atoms with Crippen molar-refractivity contribution in [2.45, 2.75) is 44.8 Å². The lowest BCUT2D eigenvalue weighted by atomic mass is 9.99. The molecular weight excluding hydrogens is 282 g/mol. The van der Waals surface area contributed by atoms with Crippen molar-refractivity contribution in [3.63, 3.8) is 0 Å². The molecule has 19 heavy (non-hydrogen) atoms. The fraction of sp³-hybridized carbons (Fsp3) is 0.538. The summed E-state index contributed by atoms with van der Waals surface area (Å²) >= 11 is 0. The molecule has 0 spiro atoms. The number of alkyl halides is 3. The van der Waals surface area contributed by atoms with E-state index in [2.05, 4.69) is 0 Å². The Morgan fingerprint density at radius 2 is 1.84 bits per heavy atom. The first-order valence-electron chi connectivity index (χ1n) is 5.98. The molecule has 1 aromatic carbocycles. The highest BCUT2D eigenvalue weighted by Crippen LogP contribution is 2.32. The van der Waals surface area contributed by atoms with Crippen LogP contribution in [0.3, 0.4) is 0 Å². The van der Waals surface area contributed by atoms with Crippen LogP contribution >= 0.6 is 12.4 Å². The van der Waals surface area contributed by atoms with E-state index in [9.17, 15) is 17.6 Å². The zero-order valence-corrected chi connectivity index (χ0v) is 11.5. The lowest BCUT2D eigenvalue weighted by Gasteiger charge is -2.14. The van der Waals surface area contributed by atoms with Crippen molar-refractivity contribution in [2.24, 2.45) is 5.73 Å². The Labute approximate surface area is 116 Å². The van der Waals surface area contributed by atoms with Gasteiger partial charge >= 0.3 is 6.18 Å². The van der Waals surface area contributed by atoms with Gasteiger partial charge in [0.2, 0.25) is 0 Å². The van der Waals surface area contributed by atoms with Crippen molar-refractivity contribution < 1.29 is 17.6 Å². The highest BCUT2D eigenvalue weighted by molar-refractivity contribution is 5.85. The van der Waals surface area contributed by atoms with Gasteiger partial charge in [0.05, 0.1) is 5.56 Å². The van der Waals surface area contributed by atoms with Gasteiger partial charge in [0.15, 0.2) is 0 Å². The first-order chi connectivity index (χ1) is 8.36. The van der Waals surface area contributed by atoms with E-state index in [1.54, 1.807) is 0 Å². The van der Waals surface area contributed by atoms with E-state index in [0.29, 0.717) is 12.0 Å². The number of hydrogen-bond acceptors (Lipinski definition) is 1. The first kappa shape index (κ1) is 18.2. The molecule has 0 saturated carbocycles. The largest absolute Gasteiger partial charge is 0.419 e. The number of unbranched alkanes of at least 4 members (excludes halogenated alkanes) is 2. The molecule has 110 valence electrons. The maximum Gasteiger partial charge on any atom is 0.419 e. The zero-order chi connectivity index (χ0) is 13.8. The molecule has 1 rings (SSSR count). The average Bonchev–Trinajstić information content (AvgIpc) is 2.27. The topological polar surface area (TPSA) is 26.0 Å². The third-order valence-electron chi connectivity index (χ3n) is 2.85. The predicted molar refractivity (Wildman–Crippen MR) is 69.7 cm³/mol. The van der Waals surface area contributed by atoms with Gasteiger partial charge in [-0.2, -0.15) is 13.2 Å². The summed E-state index contributed by atoms with van der Waals surface area (Å²) in [7, 11) is 0. The van der Waals surface area contributed by atoms with Crippen LogP contribution in [-0.4, -0.2) is 0 Å².